The van der Waals surface area contributed by atoms with Gasteiger partial charge >= 0.3 is 0 Å². The molecule has 2 aromatic heterocycles. The Hall–Kier alpha value is -5.80. The van der Waals surface area contributed by atoms with E-state index in [2.05, 4.69) is 121 Å². The van der Waals surface area contributed by atoms with E-state index in [-0.39, 0.29) is 0 Å². The van der Waals surface area contributed by atoms with Crippen LogP contribution in [0.4, 0.5) is 0 Å². The molecule has 0 saturated carbocycles. The minimum atomic E-state index is 0.665. The first-order valence-electron chi connectivity index (χ1n) is 14.4. The number of rotatable bonds is 5. The van der Waals surface area contributed by atoms with Crippen molar-refractivity contribution in [2.24, 2.45) is 0 Å². The number of fused-ring (bicyclic) bond motifs is 3. The number of benzene rings is 6. The van der Waals surface area contributed by atoms with Gasteiger partial charge in [-0.3, -0.25) is 0 Å². The van der Waals surface area contributed by atoms with Crippen LogP contribution < -0.4 is 0 Å². The van der Waals surface area contributed by atoms with Gasteiger partial charge in [-0.15, -0.1) is 0 Å². The number of aromatic nitrogens is 2. The van der Waals surface area contributed by atoms with Gasteiger partial charge in [-0.25, -0.2) is 9.97 Å². The molecular formula is C40H26N2O. The van der Waals surface area contributed by atoms with Gasteiger partial charge in [0.2, 0.25) is 0 Å². The van der Waals surface area contributed by atoms with E-state index < -0.39 is 0 Å². The molecule has 0 amide bonds. The van der Waals surface area contributed by atoms with Gasteiger partial charge in [0.15, 0.2) is 11.4 Å². The van der Waals surface area contributed by atoms with Gasteiger partial charge in [-0.05, 0) is 69.8 Å². The Labute approximate surface area is 249 Å². The molecule has 202 valence electrons. The Morgan fingerprint density at radius 1 is 0.372 bits per heavy atom. The molecule has 0 bridgehead atoms. The Morgan fingerprint density at radius 2 is 0.860 bits per heavy atom. The van der Waals surface area contributed by atoms with Gasteiger partial charge in [0.1, 0.15) is 16.8 Å². The van der Waals surface area contributed by atoms with E-state index in [1.54, 1.807) is 0 Å². The maximum absolute atomic E-state index is 6.49. The van der Waals surface area contributed by atoms with Crippen molar-refractivity contribution in [2.45, 2.75) is 0 Å². The van der Waals surface area contributed by atoms with Crippen molar-refractivity contribution in [3.8, 4) is 56.0 Å². The van der Waals surface area contributed by atoms with Crippen LogP contribution in [-0.2, 0) is 0 Å². The molecule has 2 heterocycles. The summed E-state index contributed by atoms with van der Waals surface area (Å²) in [6, 6.07) is 54.5. The van der Waals surface area contributed by atoms with E-state index in [0.29, 0.717) is 11.4 Å². The molecule has 0 N–H and O–H groups in total. The van der Waals surface area contributed by atoms with Crippen LogP contribution >= 0.6 is 0 Å². The summed E-state index contributed by atoms with van der Waals surface area (Å²) in [5.41, 5.74) is 11.8. The van der Waals surface area contributed by atoms with Gasteiger partial charge in [0, 0.05) is 16.5 Å². The molecule has 0 spiro atoms. The molecule has 0 radical (unpaired) electrons. The van der Waals surface area contributed by atoms with Crippen molar-refractivity contribution < 1.29 is 4.42 Å². The number of hydrogen-bond donors (Lipinski definition) is 0. The number of nitrogens with zero attached hydrogens (tertiary/aromatic N) is 2. The Bertz CT molecular complexity index is 2160. The summed E-state index contributed by atoms with van der Waals surface area (Å²) < 4.78 is 6.49. The van der Waals surface area contributed by atoms with Crippen LogP contribution in [0.3, 0.4) is 0 Å². The predicted octanol–water partition coefficient (Wildman–Crippen LogP) is 10.7. The maximum Gasteiger partial charge on any atom is 0.180 e. The minimum absolute atomic E-state index is 0.665. The molecule has 43 heavy (non-hydrogen) atoms. The lowest BCUT2D eigenvalue weighted by atomic mass is 9.94. The Balaban J connectivity index is 1.40. The quantitative estimate of drug-likeness (QED) is 0.214. The highest BCUT2D eigenvalue weighted by Crippen LogP contribution is 2.39. The lowest BCUT2D eigenvalue weighted by Gasteiger charge is -2.12. The molecule has 0 fully saturated rings. The van der Waals surface area contributed by atoms with Gasteiger partial charge in [-0.1, -0.05) is 121 Å². The number of para-hydroxylation sites is 1. The summed E-state index contributed by atoms with van der Waals surface area (Å²) in [6.45, 7) is 0. The van der Waals surface area contributed by atoms with Crippen molar-refractivity contribution in [2.75, 3.05) is 0 Å². The van der Waals surface area contributed by atoms with Gasteiger partial charge in [-0.2, -0.15) is 0 Å². The lowest BCUT2D eigenvalue weighted by molar-refractivity contribution is 0.667. The van der Waals surface area contributed by atoms with E-state index in [1.807, 2.05) is 36.4 Å². The second-order valence-electron chi connectivity index (χ2n) is 10.6. The summed E-state index contributed by atoms with van der Waals surface area (Å²) in [7, 11) is 0. The van der Waals surface area contributed by atoms with E-state index in [4.69, 9.17) is 14.4 Å². The van der Waals surface area contributed by atoms with Crippen molar-refractivity contribution in [1.82, 2.24) is 9.97 Å². The summed E-state index contributed by atoms with van der Waals surface area (Å²) in [5.74, 6) is 0.665. The molecule has 0 aliphatic carbocycles. The lowest BCUT2D eigenvalue weighted by Crippen LogP contribution is -1.95. The van der Waals surface area contributed by atoms with Crippen molar-refractivity contribution in [3.05, 3.63) is 158 Å². The monoisotopic (exact) mass is 550 g/mol. The summed E-state index contributed by atoms with van der Waals surface area (Å²) >= 11 is 0. The zero-order valence-corrected chi connectivity index (χ0v) is 23.3. The number of hydrogen-bond acceptors (Lipinski definition) is 3. The molecule has 0 aliphatic rings. The molecule has 0 saturated heterocycles. The fourth-order valence-electron chi connectivity index (χ4n) is 5.74. The van der Waals surface area contributed by atoms with Crippen LogP contribution in [0.25, 0.3) is 78.1 Å². The first-order chi connectivity index (χ1) is 21.3. The zero-order valence-electron chi connectivity index (χ0n) is 23.3. The third-order valence-electron chi connectivity index (χ3n) is 7.87. The molecule has 8 rings (SSSR count). The molecular weight excluding hydrogens is 524 g/mol. The topological polar surface area (TPSA) is 38.9 Å². The predicted molar refractivity (Wildman–Crippen MR) is 176 cm³/mol. The first kappa shape index (κ1) is 25.0. The van der Waals surface area contributed by atoms with Crippen molar-refractivity contribution in [3.63, 3.8) is 0 Å². The normalized spacial score (nSPS) is 11.3. The molecule has 3 heteroatoms. The van der Waals surface area contributed by atoms with Gasteiger partial charge in [0.25, 0.3) is 0 Å². The van der Waals surface area contributed by atoms with Gasteiger partial charge < -0.3 is 4.42 Å². The highest BCUT2D eigenvalue weighted by molar-refractivity contribution is 6.07. The van der Waals surface area contributed by atoms with Crippen LogP contribution in [0.1, 0.15) is 0 Å². The van der Waals surface area contributed by atoms with Crippen LogP contribution in [0.2, 0.25) is 0 Å². The van der Waals surface area contributed by atoms with Gasteiger partial charge in [0.05, 0.1) is 0 Å². The van der Waals surface area contributed by atoms with E-state index in [1.165, 1.54) is 0 Å². The Kier molecular flexibility index (Phi) is 6.12. The number of furan rings is 1. The SMILES string of the molecule is c1ccc(-c2cccc(-c3nc(-c4cc(-c5ccccc5)cc(-c5ccccc5)c4)c4oc5ccccc5c4n3)c2)cc1. The first-order valence-corrected chi connectivity index (χ1v) is 14.4. The third kappa shape index (κ3) is 4.67. The standard InChI is InChI=1S/C40H26N2O/c1-4-13-27(14-5-1)30-19-12-20-31(23-30)40-41-37(39-38(42-40)35-21-10-11-22-36(35)43-39)34-25-32(28-15-6-2-7-16-28)24-33(26-34)29-17-8-3-9-18-29/h1-26H. The molecule has 8 aromatic rings. The summed E-state index contributed by atoms with van der Waals surface area (Å²) in [4.78, 5) is 10.3. The second kappa shape index (κ2) is 10.6. The highest BCUT2D eigenvalue weighted by Gasteiger charge is 2.19. The van der Waals surface area contributed by atoms with Crippen molar-refractivity contribution in [1.29, 1.82) is 0 Å². The fraction of sp³-hybridized carbons (Fsp3) is 0. The molecule has 3 nitrogen and oxygen atoms in total. The maximum atomic E-state index is 6.49. The van der Waals surface area contributed by atoms with E-state index >= 15 is 0 Å². The highest BCUT2D eigenvalue weighted by atomic mass is 16.3. The van der Waals surface area contributed by atoms with E-state index in [0.717, 1.165) is 66.7 Å². The van der Waals surface area contributed by atoms with E-state index in [9.17, 15) is 0 Å². The summed E-state index contributed by atoms with van der Waals surface area (Å²) in [5, 5.41) is 0.976. The average molecular weight is 551 g/mol. The minimum Gasteiger partial charge on any atom is -0.452 e. The third-order valence-corrected chi connectivity index (χ3v) is 7.87. The summed E-state index contributed by atoms with van der Waals surface area (Å²) in [6.07, 6.45) is 0. The molecule has 0 unspecified atom stereocenters. The van der Waals surface area contributed by atoms with Crippen LogP contribution in [0.15, 0.2) is 162 Å². The van der Waals surface area contributed by atoms with Crippen LogP contribution in [0.5, 0.6) is 0 Å². The second-order valence-corrected chi connectivity index (χ2v) is 10.6. The molecule has 0 atom stereocenters. The largest absolute Gasteiger partial charge is 0.452 e. The molecule has 0 aliphatic heterocycles. The Morgan fingerprint density at radius 3 is 1.51 bits per heavy atom. The van der Waals surface area contributed by atoms with Crippen LogP contribution in [-0.4, -0.2) is 9.97 Å². The zero-order chi connectivity index (χ0) is 28.6. The molecule has 6 aromatic carbocycles. The average Bonchev–Trinajstić information content (AvgIpc) is 3.48. The van der Waals surface area contributed by atoms with Crippen molar-refractivity contribution >= 4 is 22.1 Å². The fourth-order valence-corrected chi connectivity index (χ4v) is 5.74. The van der Waals surface area contributed by atoms with Crippen LogP contribution in [0, 0.1) is 0 Å². The smallest absolute Gasteiger partial charge is 0.180 e.